The van der Waals surface area contributed by atoms with Crippen molar-refractivity contribution in [3.05, 3.63) is 34.6 Å². The number of hydrogen-bond acceptors (Lipinski definition) is 2. The van der Waals surface area contributed by atoms with Crippen LogP contribution >= 0.6 is 0 Å². The largest absolute Gasteiger partial charge is 0.478 e. The Kier molecular flexibility index (Phi) is 2.96. The third-order valence-corrected chi connectivity index (χ3v) is 3.05. The van der Waals surface area contributed by atoms with Crippen LogP contribution in [0.3, 0.4) is 0 Å². The third-order valence-electron chi connectivity index (χ3n) is 3.05. The van der Waals surface area contributed by atoms with Crippen LogP contribution in [0.25, 0.3) is 0 Å². The summed E-state index contributed by atoms with van der Waals surface area (Å²) in [6.45, 7) is 1.68. The lowest BCUT2D eigenvalue weighted by molar-refractivity contribution is -0.119. The predicted octanol–water partition coefficient (Wildman–Crippen LogP) is 2.35. The van der Waals surface area contributed by atoms with Gasteiger partial charge < -0.3 is 5.11 Å². The van der Waals surface area contributed by atoms with E-state index in [1.807, 2.05) is 0 Å². The Morgan fingerprint density at radius 2 is 2.06 bits per heavy atom. The van der Waals surface area contributed by atoms with E-state index in [0.717, 1.165) is 12.8 Å². The molecule has 1 aliphatic rings. The number of Topliss-reactive ketones (excluding diaryl/α,β-unsaturated/α-hetero) is 1. The van der Waals surface area contributed by atoms with Crippen LogP contribution in [0.2, 0.25) is 0 Å². The van der Waals surface area contributed by atoms with E-state index < -0.39 is 11.8 Å². The second-order valence-corrected chi connectivity index (χ2v) is 4.48. The van der Waals surface area contributed by atoms with Crippen molar-refractivity contribution in [2.45, 2.75) is 26.2 Å². The average molecular weight is 236 g/mol. The molecular weight excluding hydrogens is 223 g/mol. The SMILES string of the molecule is Cc1cc(F)c(C(=O)O)cc1CC(=O)C1CC1. The highest BCUT2D eigenvalue weighted by atomic mass is 19.1. The third kappa shape index (κ3) is 2.52. The number of carboxylic acid groups (broad SMARTS) is 1. The van der Waals surface area contributed by atoms with E-state index >= 15 is 0 Å². The van der Waals surface area contributed by atoms with Gasteiger partial charge in [0, 0.05) is 12.3 Å². The molecule has 1 N–H and O–H groups in total. The molecule has 1 aromatic carbocycles. The number of carboxylic acids is 1. The van der Waals surface area contributed by atoms with Crippen molar-refractivity contribution in [2.24, 2.45) is 5.92 Å². The highest BCUT2D eigenvalue weighted by Gasteiger charge is 2.29. The van der Waals surface area contributed by atoms with Crippen LogP contribution < -0.4 is 0 Å². The highest BCUT2D eigenvalue weighted by Crippen LogP contribution is 2.31. The number of benzene rings is 1. The summed E-state index contributed by atoms with van der Waals surface area (Å²) in [7, 11) is 0. The summed E-state index contributed by atoms with van der Waals surface area (Å²) < 4.78 is 13.3. The monoisotopic (exact) mass is 236 g/mol. The topological polar surface area (TPSA) is 54.4 Å². The molecule has 17 heavy (non-hydrogen) atoms. The Morgan fingerprint density at radius 3 is 2.59 bits per heavy atom. The Bertz CT molecular complexity index is 490. The number of ketones is 1. The van der Waals surface area contributed by atoms with Crippen LogP contribution in [0.15, 0.2) is 12.1 Å². The van der Waals surface area contributed by atoms with Gasteiger partial charge in [-0.05, 0) is 43.0 Å². The maximum atomic E-state index is 13.3. The standard InChI is InChI=1S/C13H13FO3/c1-7-4-11(14)10(13(16)17)5-9(7)6-12(15)8-2-3-8/h4-5,8H,2-3,6H2,1H3,(H,16,17). The van der Waals surface area contributed by atoms with Crippen molar-refractivity contribution in [3.8, 4) is 0 Å². The summed E-state index contributed by atoms with van der Waals surface area (Å²) in [4.78, 5) is 22.4. The average Bonchev–Trinajstić information content (AvgIpc) is 3.04. The Balaban J connectivity index is 2.29. The molecule has 0 unspecified atom stereocenters. The molecule has 0 saturated heterocycles. The van der Waals surface area contributed by atoms with Crippen LogP contribution in [-0.2, 0) is 11.2 Å². The predicted molar refractivity (Wildman–Crippen MR) is 59.5 cm³/mol. The van der Waals surface area contributed by atoms with Gasteiger partial charge in [0.1, 0.15) is 11.6 Å². The first-order valence-electron chi connectivity index (χ1n) is 5.54. The van der Waals surface area contributed by atoms with E-state index in [0.29, 0.717) is 11.1 Å². The normalized spacial score (nSPS) is 14.7. The summed E-state index contributed by atoms with van der Waals surface area (Å²) in [6, 6.07) is 2.45. The molecule has 1 saturated carbocycles. The molecule has 0 bridgehead atoms. The van der Waals surface area contributed by atoms with Crippen molar-refractivity contribution in [1.82, 2.24) is 0 Å². The fourth-order valence-electron chi connectivity index (χ4n) is 1.81. The number of carbonyl (C=O) groups is 2. The lowest BCUT2D eigenvalue weighted by atomic mass is 9.98. The first kappa shape index (κ1) is 11.8. The summed E-state index contributed by atoms with van der Waals surface area (Å²) in [5.74, 6) is -1.80. The van der Waals surface area contributed by atoms with Crippen LogP contribution in [0.4, 0.5) is 4.39 Å². The van der Waals surface area contributed by atoms with Gasteiger partial charge in [0.05, 0.1) is 5.56 Å². The summed E-state index contributed by atoms with van der Waals surface area (Å²) >= 11 is 0. The Hall–Kier alpha value is -1.71. The fourth-order valence-corrected chi connectivity index (χ4v) is 1.81. The molecule has 0 aliphatic heterocycles. The first-order chi connectivity index (χ1) is 7.99. The van der Waals surface area contributed by atoms with Crippen molar-refractivity contribution in [3.63, 3.8) is 0 Å². The number of halogens is 1. The summed E-state index contributed by atoms with van der Waals surface area (Å²) in [5.41, 5.74) is 0.872. The van der Waals surface area contributed by atoms with Gasteiger partial charge >= 0.3 is 5.97 Å². The molecule has 0 atom stereocenters. The minimum absolute atomic E-state index is 0.121. The maximum Gasteiger partial charge on any atom is 0.338 e. The second-order valence-electron chi connectivity index (χ2n) is 4.48. The van der Waals surface area contributed by atoms with E-state index in [-0.39, 0.29) is 23.7 Å². The van der Waals surface area contributed by atoms with Crippen molar-refractivity contribution in [2.75, 3.05) is 0 Å². The second kappa shape index (κ2) is 4.28. The Labute approximate surface area is 98.3 Å². The molecule has 0 amide bonds. The van der Waals surface area contributed by atoms with Crippen molar-refractivity contribution < 1.29 is 19.1 Å². The van der Waals surface area contributed by atoms with E-state index in [1.165, 1.54) is 12.1 Å². The van der Waals surface area contributed by atoms with Gasteiger partial charge in [-0.1, -0.05) is 0 Å². The molecule has 0 aromatic heterocycles. The molecule has 3 nitrogen and oxygen atoms in total. The smallest absolute Gasteiger partial charge is 0.338 e. The van der Waals surface area contributed by atoms with Gasteiger partial charge in [0.15, 0.2) is 0 Å². The quantitative estimate of drug-likeness (QED) is 0.873. The molecule has 0 radical (unpaired) electrons. The number of hydrogen-bond donors (Lipinski definition) is 1. The van der Waals surface area contributed by atoms with Gasteiger partial charge in [-0.2, -0.15) is 0 Å². The van der Waals surface area contributed by atoms with E-state index in [4.69, 9.17) is 5.11 Å². The minimum atomic E-state index is -1.30. The number of carbonyl (C=O) groups excluding carboxylic acids is 1. The van der Waals surface area contributed by atoms with E-state index in [9.17, 15) is 14.0 Å². The molecule has 0 spiro atoms. The minimum Gasteiger partial charge on any atom is -0.478 e. The molecule has 1 fully saturated rings. The molecular formula is C13H13FO3. The first-order valence-corrected chi connectivity index (χ1v) is 5.54. The fraction of sp³-hybridized carbons (Fsp3) is 0.385. The molecule has 1 aliphatic carbocycles. The zero-order valence-corrected chi connectivity index (χ0v) is 9.50. The van der Waals surface area contributed by atoms with E-state index in [1.54, 1.807) is 6.92 Å². The summed E-state index contributed by atoms with van der Waals surface area (Å²) in [5, 5.41) is 8.81. The van der Waals surface area contributed by atoms with Gasteiger partial charge in [-0.3, -0.25) is 4.79 Å². The Morgan fingerprint density at radius 1 is 1.41 bits per heavy atom. The van der Waals surface area contributed by atoms with Crippen LogP contribution in [0.5, 0.6) is 0 Å². The van der Waals surface area contributed by atoms with Gasteiger partial charge in [-0.15, -0.1) is 0 Å². The molecule has 0 heterocycles. The van der Waals surface area contributed by atoms with Gasteiger partial charge in [0.2, 0.25) is 0 Å². The van der Waals surface area contributed by atoms with Crippen LogP contribution in [0, 0.1) is 18.7 Å². The number of aromatic carboxylic acids is 1. The molecule has 4 heteroatoms. The van der Waals surface area contributed by atoms with E-state index in [2.05, 4.69) is 0 Å². The van der Waals surface area contributed by atoms with Crippen LogP contribution in [0.1, 0.15) is 34.3 Å². The number of aryl methyl sites for hydroxylation is 1. The molecule has 2 rings (SSSR count). The summed E-state index contributed by atoms with van der Waals surface area (Å²) in [6.07, 6.45) is 2.05. The molecule has 1 aromatic rings. The zero-order valence-electron chi connectivity index (χ0n) is 9.50. The number of rotatable bonds is 4. The van der Waals surface area contributed by atoms with Gasteiger partial charge in [0.25, 0.3) is 0 Å². The zero-order chi connectivity index (χ0) is 12.6. The van der Waals surface area contributed by atoms with Crippen LogP contribution in [-0.4, -0.2) is 16.9 Å². The lowest BCUT2D eigenvalue weighted by Gasteiger charge is -2.07. The molecule has 90 valence electrons. The van der Waals surface area contributed by atoms with Crippen molar-refractivity contribution in [1.29, 1.82) is 0 Å². The highest BCUT2D eigenvalue weighted by molar-refractivity contribution is 5.90. The lowest BCUT2D eigenvalue weighted by Crippen LogP contribution is -2.09. The van der Waals surface area contributed by atoms with Crippen molar-refractivity contribution >= 4 is 11.8 Å². The van der Waals surface area contributed by atoms with Gasteiger partial charge in [-0.25, -0.2) is 9.18 Å². The maximum absolute atomic E-state index is 13.3.